The number of morpholine rings is 1. The van der Waals surface area contributed by atoms with Gasteiger partial charge in [-0.25, -0.2) is 0 Å². The average molecular weight is 426 g/mol. The highest BCUT2D eigenvalue weighted by atomic mass is 32.2. The van der Waals surface area contributed by atoms with Gasteiger partial charge in [0.05, 0.1) is 27.4 Å². The smallest absolute Gasteiger partial charge is 0.247 e. The minimum atomic E-state index is -0.0227. The maximum atomic E-state index is 12.9. The molecule has 6 heteroatoms. The van der Waals surface area contributed by atoms with Crippen LogP contribution in [0.2, 0.25) is 0 Å². The number of hydrogen-bond donors (Lipinski definition) is 0. The van der Waals surface area contributed by atoms with Gasteiger partial charge in [0.1, 0.15) is 0 Å². The predicted octanol–water partition coefficient (Wildman–Crippen LogP) is 4.38. The lowest BCUT2D eigenvalue weighted by Gasteiger charge is -2.26. The van der Waals surface area contributed by atoms with Crippen molar-refractivity contribution in [3.63, 3.8) is 0 Å². The van der Waals surface area contributed by atoms with Crippen molar-refractivity contribution < 1.29 is 19.0 Å². The van der Waals surface area contributed by atoms with Gasteiger partial charge in [0.15, 0.2) is 11.5 Å². The summed E-state index contributed by atoms with van der Waals surface area (Å²) in [5.41, 5.74) is 2.76. The Morgan fingerprint density at radius 3 is 2.37 bits per heavy atom. The summed E-state index contributed by atoms with van der Waals surface area (Å²) in [5.74, 6) is 1.25. The third kappa shape index (κ3) is 5.68. The molecular formula is C24H27NO4S. The van der Waals surface area contributed by atoms with Crippen molar-refractivity contribution in [1.82, 2.24) is 4.90 Å². The van der Waals surface area contributed by atoms with Crippen LogP contribution < -0.4 is 9.47 Å². The number of carbonyl (C=O) groups excluding carboxylic acids is 1. The maximum absolute atomic E-state index is 12.9. The van der Waals surface area contributed by atoms with Gasteiger partial charge < -0.3 is 19.1 Å². The minimum Gasteiger partial charge on any atom is -0.493 e. The Labute approximate surface area is 182 Å². The third-order valence-electron chi connectivity index (χ3n) is 4.89. The first kappa shape index (κ1) is 22.0. The second-order valence-electron chi connectivity index (χ2n) is 6.71. The van der Waals surface area contributed by atoms with Crippen LogP contribution in [0.15, 0.2) is 59.5 Å². The zero-order valence-electron chi connectivity index (χ0n) is 17.6. The van der Waals surface area contributed by atoms with E-state index in [1.165, 1.54) is 4.90 Å². The summed E-state index contributed by atoms with van der Waals surface area (Å²) in [7, 11) is 3.21. The topological polar surface area (TPSA) is 48.0 Å². The number of amides is 1. The summed E-state index contributed by atoms with van der Waals surface area (Å²) in [4.78, 5) is 15.9. The van der Waals surface area contributed by atoms with E-state index in [0.717, 1.165) is 16.7 Å². The van der Waals surface area contributed by atoms with E-state index in [1.54, 1.807) is 32.1 Å². The lowest BCUT2D eigenvalue weighted by molar-refractivity contribution is -0.129. The molecule has 30 heavy (non-hydrogen) atoms. The van der Waals surface area contributed by atoms with E-state index in [4.69, 9.17) is 14.2 Å². The SMILES string of the molecule is COc1ccc(C(/C=C/c2ccc(SC)cc2)=C/C(=O)N2CCOCC2)cc1OC. The van der Waals surface area contributed by atoms with Crippen LogP contribution in [0.3, 0.4) is 0 Å². The van der Waals surface area contributed by atoms with E-state index >= 15 is 0 Å². The molecule has 0 atom stereocenters. The molecule has 0 unspecified atom stereocenters. The molecule has 0 saturated carbocycles. The molecule has 1 aliphatic rings. The van der Waals surface area contributed by atoms with E-state index in [0.29, 0.717) is 37.8 Å². The van der Waals surface area contributed by atoms with Crippen LogP contribution in [0.5, 0.6) is 11.5 Å². The Kier molecular flexibility index (Phi) is 7.99. The molecule has 0 N–H and O–H groups in total. The van der Waals surface area contributed by atoms with E-state index in [1.807, 2.05) is 35.3 Å². The highest BCUT2D eigenvalue weighted by Gasteiger charge is 2.16. The molecule has 3 rings (SSSR count). The third-order valence-corrected chi connectivity index (χ3v) is 5.63. The summed E-state index contributed by atoms with van der Waals surface area (Å²) in [5, 5.41) is 0. The van der Waals surface area contributed by atoms with Gasteiger partial charge in [0, 0.05) is 24.1 Å². The molecule has 5 nitrogen and oxygen atoms in total. The number of ether oxygens (including phenoxy) is 3. The first-order valence-corrected chi connectivity index (χ1v) is 11.0. The lowest BCUT2D eigenvalue weighted by Crippen LogP contribution is -2.39. The van der Waals surface area contributed by atoms with Gasteiger partial charge in [-0.3, -0.25) is 4.79 Å². The second kappa shape index (κ2) is 10.9. The first-order valence-electron chi connectivity index (χ1n) is 9.77. The Hall–Kier alpha value is -2.70. The molecule has 0 radical (unpaired) electrons. The van der Waals surface area contributed by atoms with E-state index < -0.39 is 0 Å². The van der Waals surface area contributed by atoms with Gasteiger partial charge in [0.25, 0.3) is 0 Å². The fourth-order valence-corrected chi connectivity index (χ4v) is 3.56. The number of nitrogens with zero attached hydrogens (tertiary/aromatic N) is 1. The zero-order chi connectivity index (χ0) is 21.3. The van der Waals surface area contributed by atoms with Crippen LogP contribution in [-0.2, 0) is 9.53 Å². The van der Waals surface area contributed by atoms with Crippen LogP contribution >= 0.6 is 11.8 Å². The normalized spacial score (nSPS) is 14.8. The molecule has 0 bridgehead atoms. The summed E-state index contributed by atoms with van der Waals surface area (Å²) >= 11 is 1.71. The fourth-order valence-electron chi connectivity index (χ4n) is 3.15. The number of carbonyl (C=O) groups is 1. The van der Waals surface area contributed by atoms with Gasteiger partial charge >= 0.3 is 0 Å². The van der Waals surface area contributed by atoms with Crippen LogP contribution in [-0.4, -0.2) is 57.6 Å². The summed E-state index contributed by atoms with van der Waals surface area (Å²) in [6, 6.07) is 14.0. The number of benzene rings is 2. The number of thioether (sulfide) groups is 1. The summed E-state index contributed by atoms with van der Waals surface area (Å²) in [6.45, 7) is 2.36. The maximum Gasteiger partial charge on any atom is 0.247 e. The minimum absolute atomic E-state index is 0.0227. The standard InChI is InChI=1S/C24H27NO4S/c1-27-22-11-8-19(16-23(22)28-2)20(17-24(26)25-12-14-29-15-13-25)7-4-18-5-9-21(30-3)10-6-18/h4-11,16-17H,12-15H2,1-3H3/b7-4+,20-17+. The fraction of sp³-hybridized carbons (Fsp3) is 0.292. The van der Waals surface area contributed by atoms with Gasteiger partial charge in [-0.1, -0.05) is 30.4 Å². The largest absolute Gasteiger partial charge is 0.493 e. The monoisotopic (exact) mass is 425 g/mol. The summed E-state index contributed by atoms with van der Waals surface area (Å²) in [6.07, 6.45) is 7.71. The average Bonchev–Trinajstić information content (AvgIpc) is 2.82. The molecule has 1 fully saturated rings. The number of rotatable bonds is 7. The summed E-state index contributed by atoms with van der Waals surface area (Å²) < 4.78 is 16.1. The van der Waals surface area contributed by atoms with Crippen LogP contribution in [0, 0.1) is 0 Å². The Balaban J connectivity index is 1.94. The van der Waals surface area contributed by atoms with E-state index in [2.05, 4.69) is 30.5 Å². The van der Waals surface area contributed by atoms with Crippen molar-refractivity contribution in [2.24, 2.45) is 0 Å². The van der Waals surface area contributed by atoms with Crippen molar-refractivity contribution >= 4 is 29.3 Å². The molecule has 1 saturated heterocycles. The number of allylic oxidation sites excluding steroid dienone is 2. The highest BCUT2D eigenvalue weighted by molar-refractivity contribution is 7.98. The molecule has 0 aromatic heterocycles. The molecule has 1 aliphatic heterocycles. The Morgan fingerprint density at radius 1 is 1.03 bits per heavy atom. The number of hydrogen-bond acceptors (Lipinski definition) is 5. The molecular weight excluding hydrogens is 398 g/mol. The second-order valence-corrected chi connectivity index (χ2v) is 7.59. The molecule has 0 aliphatic carbocycles. The molecule has 2 aromatic rings. The van der Waals surface area contributed by atoms with Crippen LogP contribution in [0.4, 0.5) is 0 Å². The van der Waals surface area contributed by atoms with Crippen molar-refractivity contribution in [1.29, 1.82) is 0 Å². The molecule has 158 valence electrons. The predicted molar refractivity (Wildman–Crippen MR) is 122 cm³/mol. The van der Waals surface area contributed by atoms with Gasteiger partial charge in [-0.2, -0.15) is 0 Å². The van der Waals surface area contributed by atoms with Crippen molar-refractivity contribution in [3.8, 4) is 11.5 Å². The zero-order valence-corrected chi connectivity index (χ0v) is 18.4. The Bertz CT molecular complexity index is 915. The van der Waals surface area contributed by atoms with Crippen molar-refractivity contribution in [2.75, 3.05) is 46.8 Å². The van der Waals surface area contributed by atoms with Crippen LogP contribution in [0.25, 0.3) is 11.6 Å². The molecule has 2 aromatic carbocycles. The first-order chi connectivity index (χ1) is 14.6. The molecule has 1 amide bonds. The van der Waals surface area contributed by atoms with Crippen molar-refractivity contribution in [3.05, 3.63) is 65.7 Å². The number of methoxy groups -OCH3 is 2. The Morgan fingerprint density at radius 2 is 1.73 bits per heavy atom. The quantitative estimate of drug-likeness (QED) is 0.374. The van der Waals surface area contributed by atoms with Crippen LogP contribution in [0.1, 0.15) is 11.1 Å². The lowest BCUT2D eigenvalue weighted by atomic mass is 10.0. The van der Waals surface area contributed by atoms with E-state index in [9.17, 15) is 4.79 Å². The van der Waals surface area contributed by atoms with E-state index in [-0.39, 0.29) is 5.91 Å². The van der Waals surface area contributed by atoms with Crippen molar-refractivity contribution in [2.45, 2.75) is 4.90 Å². The highest BCUT2D eigenvalue weighted by Crippen LogP contribution is 2.31. The van der Waals surface area contributed by atoms with Gasteiger partial charge in [-0.15, -0.1) is 11.8 Å². The molecule has 1 heterocycles. The molecule has 0 spiro atoms. The van der Waals surface area contributed by atoms with Gasteiger partial charge in [0.2, 0.25) is 5.91 Å². The van der Waals surface area contributed by atoms with Gasteiger partial charge in [-0.05, 0) is 47.2 Å².